The first-order chi connectivity index (χ1) is 24.7. The van der Waals surface area contributed by atoms with Gasteiger partial charge in [-0.3, -0.25) is 9.59 Å². The predicted octanol–water partition coefficient (Wildman–Crippen LogP) is 4.14. The lowest BCUT2D eigenvalue weighted by Gasteiger charge is -2.54. The highest BCUT2D eigenvalue weighted by Crippen LogP contribution is 2.62. The minimum absolute atomic E-state index is 0.137. The fraction of sp³-hybridized carbons (Fsp3) is 0.286. The molecule has 17 heteroatoms. The number of hydrogen-bond acceptors (Lipinski definition) is 11. The number of carboxylic acid groups (broad SMARTS) is 1. The molecular formula is C35H25F4IO11S-2. The van der Waals surface area contributed by atoms with E-state index < -0.39 is 104 Å². The molecule has 3 aromatic carbocycles. The highest BCUT2D eigenvalue weighted by atomic mass is 127. The minimum atomic E-state index is -4.69. The summed E-state index contributed by atoms with van der Waals surface area (Å²) in [6, 6.07) is 11.0. The van der Waals surface area contributed by atoms with Crippen molar-refractivity contribution in [2.24, 2.45) is 23.7 Å². The number of benzene rings is 3. The molecule has 1 saturated carbocycles. The van der Waals surface area contributed by atoms with Crippen molar-refractivity contribution in [3.8, 4) is 11.5 Å². The van der Waals surface area contributed by atoms with Crippen LogP contribution in [-0.4, -0.2) is 57.3 Å². The second kappa shape index (κ2) is 14.9. The summed E-state index contributed by atoms with van der Waals surface area (Å²) in [5, 5.41) is 10.9. The van der Waals surface area contributed by atoms with Crippen LogP contribution in [0.4, 0.5) is 17.6 Å². The summed E-state index contributed by atoms with van der Waals surface area (Å²) in [5.74, 6) is -17.8. The Morgan fingerprint density at radius 2 is 1.23 bits per heavy atom. The molecule has 4 aliphatic rings. The van der Waals surface area contributed by atoms with Gasteiger partial charge in [0.05, 0.1) is 28.3 Å². The van der Waals surface area contributed by atoms with Gasteiger partial charge in [-0.2, -0.15) is 8.78 Å². The molecule has 3 aromatic rings. The number of aromatic carboxylic acids is 1. The number of carbonyl (C=O) groups excluding carboxylic acids is 3. The minimum Gasteiger partial charge on any atom is -0.744 e. The molecule has 11 nitrogen and oxygen atoms in total. The van der Waals surface area contributed by atoms with Crippen molar-refractivity contribution in [3.63, 3.8) is 0 Å². The molecule has 0 aromatic heterocycles. The number of fused-ring (bicyclic) bond motifs is 1. The van der Waals surface area contributed by atoms with Crippen LogP contribution in [0.3, 0.4) is 0 Å². The maximum Gasteiger partial charge on any atom is 0.310 e. The Hall–Kier alpha value is -4.49. The summed E-state index contributed by atoms with van der Waals surface area (Å²) in [5.41, 5.74) is -0.282. The first kappa shape index (κ1) is 37.3. The van der Waals surface area contributed by atoms with Gasteiger partial charge in [0.15, 0.2) is 17.4 Å². The molecule has 6 atom stereocenters. The van der Waals surface area contributed by atoms with Gasteiger partial charge in [0.1, 0.15) is 42.3 Å². The van der Waals surface area contributed by atoms with Crippen LogP contribution in [0.15, 0.2) is 71.7 Å². The van der Waals surface area contributed by atoms with E-state index in [1.54, 1.807) is 28.7 Å². The maximum absolute atomic E-state index is 14.4. The van der Waals surface area contributed by atoms with E-state index in [0.717, 1.165) is 17.2 Å². The highest BCUT2D eigenvalue weighted by molar-refractivity contribution is 14.1. The second-order valence-electron chi connectivity index (χ2n) is 12.0. The Balaban J connectivity index is 1.19. The van der Waals surface area contributed by atoms with E-state index in [9.17, 15) is 50.0 Å². The van der Waals surface area contributed by atoms with Crippen LogP contribution in [0.25, 0.3) is 0 Å². The van der Waals surface area contributed by atoms with E-state index in [1.165, 1.54) is 12.1 Å². The van der Waals surface area contributed by atoms with E-state index in [-0.39, 0.29) is 34.4 Å². The van der Waals surface area contributed by atoms with Crippen molar-refractivity contribution in [2.45, 2.75) is 16.7 Å². The van der Waals surface area contributed by atoms with Crippen molar-refractivity contribution >= 4 is 50.6 Å². The molecule has 2 bridgehead atoms. The number of carboxylic acids is 1. The quantitative estimate of drug-likeness (QED) is 0.0642. The fourth-order valence-corrected chi connectivity index (χ4v) is 9.09. The van der Waals surface area contributed by atoms with Gasteiger partial charge in [0, 0.05) is 15.4 Å². The average Bonchev–Trinajstić information content (AvgIpc) is 3.11. The van der Waals surface area contributed by atoms with Crippen molar-refractivity contribution in [1.29, 1.82) is 0 Å². The fourth-order valence-electron chi connectivity index (χ4n) is 7.26. The summed E-state index contributed by atoms with van der Waals surface area (Å²) < 4.78 is 113. The maximum atomic E-state index is 14.4. The summed E-state index contributed by atoms with van der Waals surface area (Å²) >= 11 is 1.68. The van der Waals surface area contributed by atoms with E-state index in [2.05, 4.69) is 0 Å². The number of allylic oxidation sites excluding steroid dienone is 4. The molecular weight excluding hydrogens is 831 g/mol. The lowest BCUT2D eigenvalue weighted by Crippen LogP contribution is -2.54. The van der Waals surface area contributed by atoms with Crippen LogP contribution < -0.4 is 14.6 Å². The van der Waals surface area contributed by atoms with Crippen LogP contribution in [0.5, 0.6) is 11.5 Å². The summed E-state index contributed by atoms with van der Waals surface area (Å²) in [6.07, 6.45) is 7.57. The monoisotopic (exact) mass is 856 g/mol. The van der Waals surface area contributed by atoms with Crippen LogP contribution in [0, 0.1) is 50.5 Å². The number of ether oxygens (including phenoxy) is 4. The molecule has 52 heavy (non-hydrogen) atoms. The zero-order valence-electron chi connectivity index (χ0n) is 26.4. The average molecular weight is 857 g/mol. The molecule has 274 valence electrons. The Kier molecular flexibility index (Phi) is 10.7. The normalized spacial score (nSPS) is 22.7. The Morgan fingerprint density at radius 3 is 1.69 bits per heavy atom. The molecule has 0 spiro atoms. The molecule has 0 heterocycles. The van der Waals surface area contributed by atoms with Gasteiger partial charge in [-0.1, -0.05) is 48.6 Å². The Morgan fingerprint density at radius 1 is 0.731 bits per heavy atom. The van der Waals surface area contributed by atoms with Gasteiger partial charge in [-0.15, -0.1) is 0 Å². The molecule has 7 rings (SSSR count). The molecule has 1 fully saturated rings. The van der Waals surface area contributed by atoms with Gasteiger partial charge in [0.25, 0.3) is 0 Å². The number of carbonyl (C=O) groups is 3. The smallest absolute Gasteiger partial charge is 0.310 e. The van der Waals surface area contributed by atoms with Crippen molar-refractivity contribution < 1.29 is 69.0 Å². The van der Waals surface area contributed by atoms with E-state index in [0.29, 0.717) is 0 Å². The highest BCUT2D eigenvalue weighted by Gasteiger charge is 2.60. The van der Waals surface area contributed by atoms with E-state index >= 15 is 0 Å². The van der Waals surface area contributed by atoms with E-state index in [4.69, 9.17) is 18.9 Å². The molecule has 6 unspecified atom stereocenters. The van der Waals surface area contributed by atoms with Crippen molar-refractivity contribution in [3.05, 3.63) is 110 Å². The van der Waals surface area contributed by atoms with Gasteiger partial charge in [0.2, 0.25) is 11.6 Å². The lowest BCUT2D eigenvalue weighted by molar-refractivity contribution is -0.255. The summed E-state index contributed by atoms with van der Waals surface area (Å²) in [4.78, 5) is 38.2. The first-order valence-electron chi connectivity index (χ1n) is 15.6. The van der Waals surface area contributed by atoms with Crippen LogP contribution in [-0.2, 0) is 29.2 Å². The first-order valence-corrected chi connectivity index (χ1v) is 18.1. The summed E-state index contributed by atoms with van der Waals surface area (Å²) in [6.45, 7) is -1.92. The van der Waals surface area contributed by atoms with Crippen LogP contribution >= 0.6 is 22.6 Å². The van der Waals surface area contributed by atoms with Crippen molar-refractivity contribution in [1.82, 2.24) is 0 Å². The van der Waals surface area contributed by atoms with Gasteiger partial charge in [-0.25, -0.2) is 17.2 Å². The number of rotatable bonds is 12. The number of halogens is 5. The number of esters is 2. The molecule has 0 N–H and O–H groups in total. The topological polar surface area (TPSA) is 168 Å². The van der Waals surface area contributed by atoms with Gasteiger partial charge in [-0.05, 0) is 63.8 Å². The van der Waals surface area contributed by atoms with Crippen molar-refractivity contribution in [2.75, 3.05) is 26.4 Å². The number of hydrogen-bond donors (Lipinski definition) is 0. The molecule has 0 saturated heterocycles. The van der Waals surface area contributed by atoms with Gasteiger partial charge >= 0.3 is 11.9 Å². The zero-order chi connectivity index (χ0) is 37.5. The third-order valence-corrected chi connectivity index (χ3v) is 11.4. The molecule has 0 aliphatic heterocycles. The second-order valence-corrected chi connectivity index (χ2v) is 14.5. The predicted molar refractivity (Wildman–Crippen MR) is 175 cm³/mol. The molecule has 4 aliphatic carbocycles. The Labute approximate surface area is 307 Å². The third kappa shape index (κ3) is 6.88. The largest absolute Gasteiger partial charge is 0.744 e. The SMILES string of the molecule is O=C([O-])c1c(F)c(F)c(OCCOC(=O)C2C(C(=O)OCCOc3ccc(S(=O)(=O)[O-])c(I)c3)C3c4ccccc4C2C2C=CC=CC23)c(F)c1F. The van der Waals surface area contributed by atoms with Crippen LogP contribution in [0.2, 0.25) is 0 Å². The van der Waals surface area contributed by atoms with Crippen LogP contribution in [0.1, 0.15) is 33.3 Å². The third-order valence-electron chi connectivity index (χ3n) is 9.24. The Bertz CT molecular complexity index is 2090. The van der Waals surface area contributed by atoms with Gasteiger partial charge < -0.3 is 33.4 Å². The lowest BCUT2D eigenvalue weighted by atomic mass is 9.48. The standard InChI is InChI=1S/C35H27F4IO11S/c36-28-27(33(41)42)29(37)31(39)32(30(28)38)49-12-14-51-35(44)26-24-19-7-3-1-5-17(19)23(18-6-2-4-8-20(18)24)25(26)34(43)50-13-11-48-16-9-10-22(21(40)15-16)52(45,46)47/h1-10,15,17,19,23-26H,11-14H2,(H,41,42)(H,45,46,47)/p-2. The van der Waals surface area contributed by atoms with E-state index in [1.807, 2.05) is 42.5 Å². The molecule has 0 radical (unpaired) electrons. The molecule has 0 amide bonds. The zero-order valence-corrected chi connectivity index (χ0v) is 29.4. The summed E-state index contributed by atoms with van der Waals surface area (Å²) in [7, 11) is -4.69.